The number of carbonyl (C=O) groups excluding carboxylic acids is 1. The second-order valence-corrected chi connectivity index (χ2v) is 9.87. The molecule has 1 fully saturated rings. The largest absolute Gasteiger partial charge is 0.368 e. The zero-order chi connectivity index (χ0) is 23.4. The van der Waals surface area contributed by atoms with Crippen LogP contribution in [0.15, 0.2) is 47.1 Å². The van der Waals surface area contributed by atoms with Gasteiger partial charge in [0.15, 0.2) is 5.82 Å². The average Bonchev–Trinajstić information content (AvgIpc) is 3.21. The number of amides is 2. The summed E-state index contributed by atoms with van der Waals surface area (Å²) < 4.78 is 2.66. The van der Waals surface area contributed by atoms with E-state index in [1.54, 1.807) is 9.42 Å². The first kappa shape index (κ1) is 24.1. The molecule has 3 aromatic rings. The maximum absolute atomic E-state index is 12.0. The number of rotatable bonds is 8. The molecular weight excluding hydrogens is 527 g/mol. The molecule has 1 aliphatic rings. The Morgan fingerprint density at radius 2 is 1.88 bits per heavy atom. The predicted octanol–water partition coefficient (Wildman–Crippen LogP) is 5.28. The van der Waals surface area contributed by atoms with Crippen molar-refractivity contribution in [3.8, 4) is 0 Å². The summed E-state index contributed by atoms with van der Waals surface area (Å²) in [4.78, 5) is 18.3. The van der Waals surface area contributed by atoms with Crippen LogP contribution in [0.5, 0.6) is 0 Å². The molecule has 0 unspecified atom stereocenters. The monoisotopic (exact) mass is 552 g/mol. The Morgan fingerprint density at radius 1 is 1.09 bits per heavy atom. The number of aromatic nitrogens is 2. The lowest BCUT2D eigenvalue weighted by Crippen LogP contribution is -2.46. The fraction of sp³-hybridized carbons (Fsp3) is 0.391. The number of hydrogen-bond donors (Lipinski definition) is 1. The van der Waals surface area contributed by atoms with Crippen molar-refractivity contribution in [2.75, 3.05) is 49.1 Å². The fourth-order valence-electron chi connectivity index (χ4n) is 4.15. The molecular formula is C23H27BrCl2N6O. The van der Waals surface area contributed by atoms with Crippen molar-refractivity contribution in [1.82, 2.24) is 14.5 Å². The number of carbonyl (C=O) groups is 1. The van der Waals surface area contributed by atoms with Gasteiger partial charge in [-0.25, -0.2) is 9.31 Å². The molecule has 2 N–H and O–H groups in total. The molecule has 7 nitrogen and oxygen atoms in total. The van der Waals surface area contributed by atoms with Crippen molar-refractivity contribution in [3.63, 3.8) is 0 Å². The first-order chi connectivity index (χ1) is 15.9. The number of pyridine rings is 1. The second kappa shape index (κ2) is 11.0. The molecule has 4 rings (SSSR count). The number of nitrogens with zero attached hydrogens (tertiary/aromatic N) is 5. The molecule has 0 spiro atoms. The summed E-state index contributed by atoms with van der Waals surface area (Å²) in [6.07, 6.45) is 4.82. The Hall–Kier alpha value is -2.00. The Bertz CT molecular complexity index is 1120. The summed E-state index contributed by atoms with van der Waals surface area (Å²) in [5, 5.41) is 5.72. The number of fused-ring (bicyclic) bond motifs is 1. The molecule has 33 heavy (non-hydrogen) atoms. The molecule has 1 saturated heterocycles. The smallest absolute Gasteiger partial charge is 0.320 e. The molecule has 10 heteroatoms. The Labute approximate surface area is 212 Å². The molecule has 1 aromatic carbocycles. The Kier molecular flexibility index (Phi) is 8.01. The van der Waals surface area contributed by atoms with E-state index in [1.165, 1.54) is 0 Å². The van der Waals surface area contributed by atoms with Crippen LogP contribution in [-0.4, -0.2) is 59.8 Å². The summed E-state index contributed by atoms with van der Waals surface area (Å²) in [5.74, 6) is 0.580. The topological polar surface area (TPSA) is 70.1 Å². The minimum atomic E-state index is -0.478. The highest BCUT2D eigenvalue weighted by Crippen LogP contribution is 2.32. The first-order valence-electron chi connectivity index (χ1n) is 11.1. The molecule has 2 amide bonds. The highest BCUT2D eigenvalue weighted by molar-refractivity contribution is 9.10. The van der Waals surface area contributed by atoms with E-state index < -0.39 is 6.03 Å². The number of benzene rings is 1. The summed E-state index contributed by atoms with van der Waals surface area (Å²) in [5.41, 5.74) is 7.55. The van der Waals surface area contributed by atoms with E-state index in [-0.39, 0.29) is 0 Å². The molecule has 0 saturated carbocycles. The predicted molar refractivity (Wildman–Crippen MR) is 139 cm³/mol. The second-order valence-electron chi connectivity index (χ2n) is 8.17. The number of anilines is 2. The molecule has 2 aromatic heterocycles. The van der Waals surface area contributed by atoms with Gasteiger partial charge in [-0.05, 0) is 59.6 Å². The SMILES string of the molecule is NC(=O)N(CCCCCN1CCN(c2cccc(Cl)c2Cl)CC1)c1cc2ccc(Br)cn2n1. The number of piperazine rings is 1. The van der Waals surface area contributed by atoms with E-state index in [4.69, 9.17) is 28.9 Å². The molecule has 0 radical (unpaired) electrons. The van der Waals surface area contributed by atoms with Gasteiger partial charge >= 0.3 is 6.03 Å². The van der Waals surface area contributed by atoms with Gasteiger partial charge in [-0.3, -0.25) is 9.80 Å². The molecule has 0 bridgehead atoms. The third kappa shape index (κ3) is 5.93. The maximum atomic E-state index is 12.0. The number of primary amides is 1. The molecule has 0 atom stereocenters. The summed E-state index contributed by atoms with van der Waals surface area (Å²) in [6.45, 7) is 5.44. The van der Waals surface area contributed by atoms with Gasteiger partial charge in [-0.15, -0.1) is 5.10 Å². The van der Waals surface area contributed by atoms with Crippen LogP contribution < -0.4 is 15.5 Å². The van der Waals surface area contributed by atoms with Crippen LogP contribution in [0, 0.1) is 0 Å². The van der Waals surface area contributed by atoms with E-state index >= 15 is 0 Å². The van der Waals surface area contributed by atoms with Crippen molar-refractivity contribution >= 4 is 62.2 Å². The normalized spacial score (nSPS) is 14.7. The quantitative estimate of drug-likeness (QED) is 0.385. The number of urea groups is 1. The van der Waals surface area contributed by atoms with Crippen LogP contribution in [0.1, 0.15) is 19.3 Å². The van der Waals surface area contributed by atoms with Crippen LogP contribution in [0.3, 0.4) is 0 Å². The highest BCUT2D eigenvalue weighted by Gasteiger charge is 2.20. The minimum Gasteiger partial charge on any atom is -0.368 e. The van der Waals surface area contributed by atoms with E-state index in [0.29, 0.717) is 22.4 Å². The van der Waals surface area contributed by atoms with E-state index in [1.807, 2.05) is 42.6 Å². The van der Waals surface area contributed by atoms with Gasteiger partial charge in [0.1, 0.15) is 0 Å². The first-order valence-corrected chi connectivity index (χ1v) is 12.6. The van der Waals surface area contributed by atoms with Crippen molar-refractivity contribution in [3.05, 3.63) is 57.1 Å². The average molecular weight is 554 g/mol. The zero-order valence-electron chi connectivity index (χ0n) is 18.3. The van der Waals surface area contributed by atoms with Gasteiger partial charge in [0.25, 0.3) is 0 Å². The number of unbranched alkanes of at least 4 members (excludes halogenated alkanes) is 2. The van der Waals surface area contributed by atoms with Gasteiger partial charge in [-0.1, -0.05) is 35.7 Å². The molecule has 176 valence electrons. The van der Waals surface area contributed by atoms with Gasteiger partial charge in [0.05, 0.1) is 21.2 Å². The van der Waals surface area contributed by atoms with E-state index in [9.17, 15) is 4.79 Å². The summed E-state index contributed by atoms with van der Waals surface area (Å²) in [6, 6.07) is 11.1. The minimum absolute atomic E-state index is 0.478. The lowest BCUT2D eigenvalue weighted by Gasteiger charge is -2.36. The lowest BCUT2D eigenvalue weighted by molar-refractivity contribution is 0.250. The van der Waals surface area contributed by atoms with Gasteiger partial charge < -0.3 is 10.6 Å². The number of halogens is 3. The molecule has 0 aliphatic carbocycles. The van der Waals surface area contributed by atoms with Gasteiger partial charge in [-0.2, -0.15) is 0 Å². The van der Waals surface area contributed by atoms with E-state index in [2.05, 4.69) is 30.8 Å². The van der Waals surface area contributed by atoms with Crippen LogP contribution in [0.4, 0.5) is 16.3 Å². The van der Waals surface area contributed by atoms with Crippen LogP contribution >= 0.6 is 39.1 Å². The maximum Gasteiger partial charge on any atom is 0.320 e. The lowest BCUT2D eigenvalue weighted by atomic mass is 10.2. The summed E-state index contributed by atoms with van der Waals surface area (Å²) in [7, 11) is 0. The zero-order valence-corrected chi connectivity index (χ0v) is 21.4. The van der Waals surface area contributed by atoms with Crippen LogP contribution in [-0.2, 0) is 0 Å². The Balaban J connectivity index is 1.21. The standard InChI is InChI=1S/C23H27BrCl2N6O/c24-17-7-8-18-15-21(28-32(18)16-17)31(23(27)33)10-3-1-2-9-29-11-13-30(14-12-29)20-6-4-5-19(25)22(20)26/h4-8,15-16H,1-3,9-14H2,(H2,27,33). The molecule has 1 aliphatic heterocycles. The van der Waals surface area contributed by atoms with Gasteiger partial charge in [0.2, 0.25) is 0 Å². The summed E-state index contributed by atoms with van der Waals surface area (Å²) >= 11 is 16.0. The van der Waals surface area contributed by atoms with Crippen molar-refractivity contribution in [1.29, 1.82) is 0 Å². The van der Waals surface area contributed by atoms with E-state index in [0.717, 1.165) is 67.7 Å². The third-order valence-corrected chi connectivity index (χ3v) is 7.23. The van der Waals surface area contributed by atoms with Crippen molar-refractivity contribution in [2.24, 2.45) is 5.73 Å². The van der Waals surface area contributed by atoms with Crippen molar-refractivity contribution < 1.29 is 4.79 Å². The van der Waals surface area contributed by atoms with Crippen molar-refractivity contribution in [2.45, 2.75) is 19.3 Å². The fourth-order valence-corrected chi connectivity index (χ4v) is 4.89. The van der Waals surface area contributed by atoms with Gasteiger partial charge in [0, 0.05) is 49.5 Å². The number of hydrogen-bond acceptors (Lipinski definition) is 4. The third-order valence-electron chi connectivity index (χ3n) is 5.95. The van der Waals surface area contributed by atoms with Crippen LogP contribution in [0.2, 0.25) is 10.0 Å². The van der Waals surface area contributed by atoms with Crippen LogP contribution in [0.25, 0.3) is 5.52 Å². The highest BCUT2D eigenvalue weighted by atomic mass is 79.9. The molecule has 3 heterocycles. The number of nitrogens with two attached hydrogens (primary N) is 1. The Morgan fingerprint density at radius 3 is 2.64 bits per heavy atom.